The SMILES string of the molecule is FC(F)(F)c1ccccc1CCBr.N. The fraction of sp³-hybridized carbons (Fsp3) is 0.333. The monoisotopic (exact) mass is 269 g/mol. The van der Waals surface area contributed by atoms with Crippen LogP contribution in [0.5, 0.6) is 0 Å². The fourth-order valence-corrected chi connectivity index (χ4v) is 1.54. The van der Waals surface area contributed by atoms with Gasteiger partial charge < -0.3 is 6.15 Å². The molecule has 0 bridgehead atoms. The Hall–Kier alpha value is -0.550. The number of alkyl halides is 4. The second-order valence-electron chi connectivity index (χ2n) is 2.59. The van der Waals surface area contributed by atoms with Gasteiger partial charge in [-0.3, -0.25) is 0 Å². The van der Waals surface area contributed by atoms with Crippen LogP contribution in [0.25, 0.3) is 0 Å². The molecule has 1 nitrogen and oxygen atoms in total. The lowest BCUT2D eigenvalue weighted by molar-refractivity contribution is -0.138. The van der Waals surface area contributed by atoms with Gasteiger partial charge in [-0.25, -0.2) is 0 Å². The zero-order valence-corrected chi connectivity index (χ0v) is 9.03. The third-order valence-electron chi connectivity index (χ3n) is 1.69. The number of halogens is 4. The van der Waals surface area contributed by atoms with Crippen LogP contribution in [0.3, 0.4) is 0 Å². The minimum atomic E-state index is -4.24. The van der Waals surface area contributed by atoms with Crippen LogP contribution in [-0.4, -0.2) is 5.33 Å². The van der Waals surface area contributed by atoms with E-state index in [2.05, 4.69) is 15.9 Å². The highest BCUT2D eigenvalue weighted by atomic mass is 79.9. The number of hydrogen-bond acceptors (Lipinski definition) is 1. The van der Waals surface area contributed by atoms with Gasteiger partial charge in [-0.05, 0) is 18.1 Å². The van der Waals surface area contributed by atoms with E-state index in [1.165, 1.54) is 12.1 Å². The molecule has 0 aromatic heterocycles. The van der Waals surface area contributed by atoms with Crippen molar-refractivity contribution in [1.29, 1.82) is 0 Å². The molecular weight excluding hydrogens is 259 g/mol. The highest BCUT2D eigenvalue weighted by Gasteiger charge is 2.32. The molecule has 0 saturated heterocycles. The second-order valence-corrected chi connectivity index (χ2v) is 3.39. The highest BCUT2D eigenvalue weighted by molar-refractivity contribution is 9.09. The molecule has 1 aromatic carbocycles. The third-order valence-corrected chi connectivity index (χ3v) is 2.08. The predicted octanol–water partition coefficient (Wildman–Crippen LogP) is 3.80. The van der Waals surface area contributed by atoms with Crippen molar-refractivity contribution in [3.8, 4) is 0 Å². The molecule has 1 rings (SSSR count). The summed E-state index contributed by atoms with van der Waals surface area (Å²) in [7, 11) is 0. The highest BCUT2D eigenvalue weighted by Crippen LogP contribution is 2.32. The summed E-state index contributed by atoms with van der Waals surface area (Å²) in [6, 6.07) is 5.63. The standard InChI is InChI=1S/C9H8BrF3.H3N/c10-6-5-7-3-1-2-4-8(7)9(11,12)13;/h1-4H,5-6H2;1H3. The Bertz CT molecular complexity index is 286. The van der Waals surface area contributed by atoms with E-state index in [1.807, 2.05) is 0 Å². The molecule has 0 aliphatic carbocycles. The van der Waals surface area contributed by atoms with E-state index < -0.39 is 11.7 Å². The molecular formula is C9H11BrF3N. The van der Waals surface area contributed by atoms with E-state index >= 15 is 0 Å². The Kier molecular flexibility index (Phi) is 5.15. The van der Waals surface area contributed by atoms with E-state index in [0.29, 0.717) is 17.3 Å². The van der Waals surface area contributed by atoms with Gasteiger partial charge in [-0.1, -0.05) is 34.1 Å². The molecule has 14 heavy (non-hydrogen) atoms. The van der Waals surface area contributed by atoms with Gasteiger partial charge in [-0.2, -0.15) is 13.2 Å². The lowest BCUT2D eigenvalue weighted by atomic mass is 10.1. The molecule has 0 heterocycles. The molecule has 0 radical (unpaired) electrons. The predicted molar refractivity (Wildman–Crippen MR) is 54.0 cm³/mol. The number of aryl methyl sites for hydroxylation is 1. The van der Waals surface area contributed by atoms with Crippen molar-refractivity contribution < 1.29 is 13.2 Å². The molecule has 3 N–H and O–H groups in total. The van der Waals surface area contributed by atoms with E-state index in [-0.39, 0.29) is 6.15 Å². The molecule has 80 valence electrons. The largest absolute Gasteiger partial charge is 0.416 e. The Labute approximate surface area is 89.0 Å². The summed E-state index contributed by atoms with van der Waals surface area (Å²) in [6.45, 7) is 0. The smallest absolute Gasteiger partial charge is 0.344 e. The summed E-state index contributed by atoms with van der Waals surface area (Å²) in [6.07, 6.45) is -3.84. The van der Waals surface area contributed by atoms with Crippen LogP contribution in [0.2, 0.25) is 0 Å². The van der Waals surface area contributed by atoms with Gasteiger partial charge in [0.25, 0.3) is 0 Å². The lowest BCUT2D eigenvalue weighted by Gasteiger charge is -2.11. The second kappa shape index (κ2) is 5.36. The maximum Gasteiger partial charge on any atom is 0.416 e. The van der Waals surface area contributed by atoms with Gasteiger partial charge in [-0.15, -0.1) is 0 Å². The Morgan fingerprint density at radius 3 is 2.21 bits per heavy atom. The summed E-state index contributed by atoms with van der Waals surface area (Å²) in [5.41, 5.74) is -0.193. The van der Waals surface area contributed by atoms with Crippen molar-refractivity contribution >= 4 is 15.9 Å². The molecule has 1 aromatic rings. The molecule has 0 saturated carbocycles. The first-order valence-electron chi connectivity index (χ1n) is 3.77. The average Bonchev–Trinajstić information content (AvgIpc) is 2.04. The zero-order chi connectivity index (χ0) is 9.90. The minimum absolute atomic E-state index is 0. The summed E-state index contributed by atoms with van der Waals surface area (Å²) in [5.74, 6) is 0. The Morgan fingerprint density at radius 1 is 1.14 bits per heavy atom. The fourth-order valence-electron chi connectivity index (χ4n) is 1.12. The van der Waals surface area contributed by atoms with Crippen LogP contribution in [0.4, 0.5) is 13.2 Å². The maximum atomic E-state index is 12.4. The average molecular weight is 270 g/mol. The molecule has 0 spiro atoms. The number of benzene rings is 1. The van der Waals surface area contributed by atoms with Gasteiger partial charge in [0, 0.05) is 5.33 Å². The van der Waals surface area contributed by atoms with Gasteiger partial charge in [0.15, 0.2) is 0 Å². The van der Waals surface area contributed by atoms with Crippen LogP contribution in [-0.2, 0) is 12.6 Å². The quantitative estimate of drug-likeness (QED) is 0.815. The molecule has 0 fully saturated rings. The van der Waals surface area contributed by atoms with Gasteiger partial charge in [0.05, 0.1) is 5.56 Å². The van der Waals surface area contributed by atoms with Crippen molar-refractivity contribution in [2.45, 2.75) is 12.6 Å². The summed E-state index contributed by atoms with van der Waals surface area (Å²) in [5, 5.41) is 0.542. The van der Waals surface area contributed by atoms with E-state index in [4.69, 9.17) is 0 Å². The molecule has 5 heteroatoms. The minimum Gasteiger partial charge on any atom is -0.344 e. The molecule has 0 atom stereocenters. The van der Waals surface area contributed by atoms with Crippen LogP contribution in [0, 0.1) is 0 Å². The van der Waals surface area contributed by atoms with Crippen LogP contribution < -0.4 is 6.15 Å². The Morgan fingerprint density at radius 2 is 1.71 bits per heavy atom. The molecule has 0 unspecified atom stereocenters. The van der Waals surface area contributed by atoms with Crippen molar-refractivity contribution in [3.63, 3.8) is 0 Å². The van der Waals surface area contributed by atoms with Gasteiger partial charge in [0.1, 0.15) is 0 Å². The number of hydrogen-bond donors (Lipinski definition) is 1. The van der Waals surface area contributed by atoms with Crippen LogP contribution >= 0.6 is 15.9 Å². The first-order valence-corrected chi connectivity index (χ1v) is 4.89. The maximum absolute atomic E-state index is 12.4. The molecule has 0 aliphatic rings. The van der Waals surface area contributed by atoms with Crippen LogP contribution in [0.1, 0.15) is 11.1 Å². The van der Waals surface area contributed by atoms with E-state index in [1.54, 1.807) is 6.07 Å². The lowest BCUT2D eigenvalue weighted by Crippen LogP contribution is -2.09. The molecule has 0 amide bonds. The summed E-state index contributed by atoms with van der Waals surface area (Å²) >= 11 is 3.12. The van der Waals surface area contributed by atoms with E-state index in [0.717, 1.165) is 6.07 Å². The first-order chi connectivity index (χ1) is 6.05. The molecule has 0 aliphatic heterocycles. The van der Waals surface area contributed by atoms with Crippen molar-refractivity contribution in [2.75, 3.05) is 5.33 Å². The topological polar surface area (TPSA) is 35.0 Å². The Balaban J connectivity index is 0.00000169. The first kappa shape index (κ1) is 13.4. The summed E-state index contributed by atoms with van der Waals surface area (Å²) in [4.78, 5) is 0. The van der Waals surface area contributed by atoms with Crippen molar-refractivity contribution in [1.82, 2.24) is 6.15 Å². The van der Waals surface area contributed by atoms with Crippen molar-refractivity contribution in [3.05, 3.63) is 35.4 Å². The van der Waals surface area contributed by atoms with E-state index in [9.17, 15) is 13.2 Å². The van der Waals surface area contributed by atoms with Gasteiger partial charge >= 0.3 is 6.18 Å². The van der Waals surface area contributed by atoms with Crippen LogP contribution in [0.15, 0.2) is 24.3 Å². The van der Waals surface area contributed by atoms with Gasteiger partial charge in [0.2, 0.25) is 0 Å². The third kappa shape index (κ3) is 3.31. The van der Waals surface area contributed by atoms with Crippen molar-refractivity contribution in [2.24, 2.45) is 0 Å². The normalized spacial score (nSPS) is 10.9. The summed E-state index contributed by atoms with van der Waals surface area (Å²) < 4.78 is 37.1. The number of rotatable bonds is 2. The zero-order valence-electron chi connectivity index (χ0n) is 7.44.